The van der Waals surface area contributed by atoms with Crippen LogP contribution in [0.15, 0.2) is 67.3 Å². The Morgan fingerprint density at radius 1 is 1.03 bits per heavy atom. The normalized spacial score (nSPS) is 26.3. The van der Waals surface area contributed by atoms with E-state index >= 15 is 0 Å². The summed E-state index contributed by atoms with van der Waals surface area (Å²) in [5.41, 5.74) is 4.70. The van der Waals surface area contributed by atoms with Crippen LogP contribution in [0.2, 0.25) is 0 Å². The summed E-state index contributed by atoms with van der Waals surface area (Å²) in [5.74, 6) is -1.90. The molecule has 3 heterocycles. The first-order chi connectivity index (χ1) is 14.9. The van der Waals surface area contributed by atoms with Crippen LogP contribution in [-0.4, -0.2) is 41.1 Å². The number of imide groups is 1. The molecule has 3 aliphatic rings. The summed E-state index contributed by atoms with van der Waals surface area (Å²) in [6.45, 7) is 7.91. The van der Waals surface area contributed by atoms with Gasteiger partial charge in [-0.3, -0.25) is 19.3 Å². The van der Waals surface area contributed by atoms with E-state index in [1.165, 1.54) is 4.90 Å². The van der Waals surface area contributed by atoms with Crippen LogP contribution >= 0.6 is 0 Å². The lowest BCUT2D eigenvalue weighted by Gasteiger charge is -2.38. The Balaban J connectivity index is 1.70. The molecule has 5 rings (SSSR count). The van der Waals surface area contributed by atoms with Gasteiger partial charge in [0.1, 0.15) is 6.04 Å². The number of nitrogens with zero attached hydrogens (tertiary/aromatic N) is 2. The van der Waals surface area contributed by atoms with Gasteiger partial charge >= 0.3 is 0 Å². The second-order valence-corrected chi connectivity index (χ2v) is 8.57. The number of hydrogen-bond donors (Lipinski definition) is 0. The molecule has 0 bridgehead atoms. The number of hydrogen-bond acceptors (Lipinski definition) is 4. The molecule has 2 amide bonds. The van der Waals surface area contributed by atoms with E-state index in [2.05, 4.69) is 18.7 Å². The number of likely N-dealkylation sites (tertiary alicyclic amines) is 1. The largest absolute Gasteiger partial charge is 0.352 e. The summed E-state index contributed by atoms with van der Waals surface area (Å²) in [6, 6.07) is 14.1. The summed E-state index contributed by atoms with van der Waals surface area (Å²) < 4.78 is 0. The van der Waals surface area contributed by atoms with Crippen molar-refractivity contribution in [3.05, 3.63) is 84.0 Å². The van der Waals surface area contributed by atoms with E-state index in [-0.39, 0.29) is 30.2 Å². The first-order valence-electron chi connectivity index (χ1n) is 10.6. The van der Waals surface area contributed by atoms with Crippen molar-refractivity contribution in [1.82, 2.24) is 4.90 Å². The van der Waals surface area contributed by atoms with Crippen molar-refractivity contribution in [2.75, 3.05) is 11.4 Å². The fourth-order valence-corrected chi connectivity index (χ4v) is 5.40. The summed E-state index contributed by atoms with van der Waals surface area (Å²) in [5, 5.41) is 0. The molecule has 0 saturated carbocycles. The average Bonchev–Trinajstić information content (AvgIpc) is 3.23. The second kappa shape index (κ2) is 7.05. The SMILES string of the molecule is C=CCN1C(=O)[C@@H]2[C@H](C1=O)[C@@H](C(=O)c1ccccc1)N1c3ccc(C)cc3C(C)=C[C@H]21. The van der Waals surface area contributed by atoms with Gasteiger partial charge in [0.25, 0.3) is 0 Å². The Kier molecular flexibility index (Phi) is 4.43. The zero-order valence-electron chi connectivity index (χ0n) is 17.6. The predicted octanol–water partition coefficient (Wildman–Crippen LogP) is 3.64. The summed E-state index contributed by atoms with van der Waals surface area (Å²) in [6.07, 6.45) is 3.61. The highest BCUT2D eigenvalue weighted by molar-refractivity contribution is 6.14. The van der Waals surface area contributed by atoms with Crippen molar-refractivity contribution in [2.24, 2.45) is 11.8 Å². The monoisotopic (exact) mass is 412 g/mol. The van der Waals surface area contributed by atoms with E-state index < -0.39 is 17.9 Å². The molecule has 156 valence electrons. The Bertz CT molecular complexity index is 1150. The van der Waals surface area contributed by atoms with Crippen LogP contribution in [-0.2, 0) is 9.59 Å². The molecule has 0 aromatic heterocycles. The molecule has 5 nitrogen and oxygen atoms in total. The molecule has 2 fully saturated rings. The predicted molar refractivity (Wildman–Crippen MR) is 120 cm³/mol. The minimum atomic E-state index is -0.727. The summed E-state index contributed by atoms with van der Waals surface area (Å²) in [4.78, 5) is 43.7. The highest BCUT2D eigenvalue weighted by Crippen LogP contribution is 2.50. The van der Waals surface area contributed by atoms with Crippen LogP contribution in [0.4, 0.5) is 5.69 Å². The molecule has 5 heteroatoms. The Morgan fingerprint density at radius 3 is 2.45 bits per heavy atom. The van der Waals surface area contributed by atoms with Crippen molar-refractivity contribution in [3.8, 4) is 0 Å². The number of rotatable bonds is 4. The number of Topliss-reactive ketones (excluding diaryl/α,β-unsaturated/α-hetero) is 1. The van der Waals surface area contributed by atoms with E-state index in [9.17, 15) is 14.4 Å². The zero-order chi connectivity index (χ0) is 21.9. The van der Waals surface area contributed by atoms with Gasteiger partial charge in [-0.05, 0) is 31.6 Å². The molecule has 0 radical (unpaired) electrons. The van der Waals surface area contributed by atoms with Crippen molar-refractivity contribution in [1.29, 1.82) is 0 Å². The van der Waals surface area contributed by atoms with Crippen LogP contribution in [0.1, 0.15) is 28.4 Å². The van der Waals surface area contributed by atoms with Gasteiger partial charge in [0.15, 0.2) is 5.78 Å². The van der Waals surface area contributed by atoms with Gasteiger partial charge in [-0.15, -0.1) is 6.58 Å². The molecule has 2 aromatic carbocycles. The summed E-state index contributed by atoms with van der Waals surface area (Å²) >= 11 is 0. The lowest BCUT2D eigenvalue weighted by molar-refractivity contribution is -0.139. The van der Waals surface area contributed by atoms with Gasteiger partial charge in [0.05, 0.1) is 17.9 Å². The Labute approximate surface area is 181 Å². The molecule has 4 atom stereocenters. The third kappa shape index (κ3) is 2.73. The molecule has 2 aromatic rings. The number of carbonyl (C=O) groups excluding carboxylic acids is 3. The molecule has 0 aliphatic carbocycles. The van der Waals surface area contributed by atoms with Crippen LogP contribution in [0.25, 0.3) is 5.57 Å². The fourth-order valence-electron chi connectivity index (χ4n) is 5.40. The number of benzene rings is 2. The summed E-state index contributed by atoms with van der Waals surface area (Å²) in [7, 11) is 0. The average molecular weight is 412 g/mol. The Hall–Kier alpha value is -3.47. The topological polar surface area (TPSA) is 57.7 Å². The van der Waals surface area contributed by atoms with Crippen molar-refractivity contribution >= 4 is 28.9 Å². The maximum atomic E-state index is 13.8. The standard InChI is InChI=1S/C26H24N2O3/c1-4-12-27-25(30)21-20-14-16(3)18-13-15(2)10-11-19(18)28(20)23(22(21)26(27)31)24(29)17-8-6-5-7-9-17/h4-11,13-14,20-23H,1,12H2,2-3H3/t20-,21+,22+,23+/m1/s1. The first kappa shape index (κ1) is 19.5. The van der Waals surface area contributed by atoms with E-state index in [0.29, 0.717) is 5.56 Å². The molecule has 31 heavy (non-hydrogen) atoms. The number of carbonyl (C=O) groups is 3. The number of fused-ring (bicyclic) bond motifs is 5. The van der Waals surface area contributed by atoms with Gasteiger partial charge in [-0.25, -0.2) is 0 Å². The zero-order valence-corrected chi connectivity index (χ0v) is 17.6. The molecule has 0 unspecified atom stereocenters. The molecule has 0 N–H and O–H groups in total. The minimum absolute atomic E-state index is 0.126. The van der Waals surface area contributed by atoms with Crippen molar-refractivity contribution in [2.45, 2.75) is 25.9 Å². The van der Waals surface area contributed by atoms with E-state index in [1.54, 1.807) is 18.2 Å². The first-order valence-corrected chi connectivity index (χ1v) is 10.6. The maximum absolute atomic E-state index is 13.8. The van der Waals surface area contributed by atoms with Crippen LogP contribution < -0.4 is 4.90 Å². The van der Waals surface area contributed by atoms with Gasteiger partial charge in [0, 0.05) is 23.4 Å². The van der Waals surface area contributed by atoms with Crippen molar-refractivity contribution in [3.63, 3.8) is 0 Å². The smallest absolute Gasteiger partial charge is 0.236 e. The highest BCUT2D eigenvalue weighted by Gasteiger charge is 2.64. The quantitative estimate of drug-likeness (QED) is 0.437. The van der Waals surface area contributed by atoms with Gasteiger partial charge in [-0.1, -0.05) is 54.1 Å². The number of allylic oxidation sites excluding steroid dienone is 1. The fraction of sp³-hybridized carbons (Fsp3) is 0.269. The van der Waals surface area contributed by atoms with Crippen LogP contribution in [0.5, 0.6) is 0 Å². The van der Waals surface area contributed by atoms with Gasteiger partial charge < -0.3 is 4.90 Å². The molecular weight excluding hydrogens is 388 g/mol. The number of ketones is 1. The van der Waals surface area contributed by atoms with Gasteiger partial charge in [0.2, 0.25) is 11.8 Å². The highest BCUT2D eigenvalue weighted by atomic mass is 16.2. The van der Waals surface area contributed by atoms with E-state index in [1.807, 2.05) is 49.1 Å². The number of aryl methyl sites for hydroxylation is 1. The minimum Gasteiger partial charge on any atom is -0.352 e. The molecule has 3 aliphatic heterocycles. The molecule has 0 spiro atoms. The number of anilines is 1. The van der Waals surface area contributed by atoms with E-state index in [4.69, 9.17) is 0 Å². The van der Waals surface area contributed by atoms with E-state index in [0.717, 1.165) is 22.4 Å². The third-order valence-electron chi connectivity index (χ3n) is 6.73. The van der Waals surface area contributed by atoms with Crippen LogP contribution in [0.3, 0.4) is 0 Å². The van der Waals surface area contributed by atoms with Crippen molar-refractivity contribution < 1.29 is 14.4 Å². The second-order valence-electron chi connectivity index (χ2n) is 8.57. The molecular formula is C26H24N2O3. The lowest BCUT2D eigenvalue weighted by atomic mass is 9.85. The lowest BCUT2D eigenvalue weighted by Crippen LogP contribution is -2.49. The van der Waals surface area contributed by atoms with Crippen LogP contribution in [0, 0.1) is 18.8 Å². The molecule has 2 saturated heterocycles. The van der Waals surface area contributed by atoms with Gasteiger partial charge in [-0.2, -0.15) is 0 Å². The number of amides is 2. The maximum Gasteiger partial charge on any atom is 0.236 e. The third-order valence-corrected chi connectivity index (χ3v) is 6.73. The Morgan fingerprint density at radius 2 is 1.74 bits per heavy atom.